The molecule has 0 radical (unpaired) electrons. The monoisotopic (exact) mass is 421 g/mol. The predicted octanol–water partition coefficient (Wildman–Crippen LogP) is 3.82. The number of rotatable bonds is 6. The highest BCUT2D eigenvalue weighted by atomic mass is 19.4. The van der Waals surface area contributed by atoms with E-state index < -0.39 is 35.6 Å². The van der Waals surface area contributed by atoms with Crippen molar-refractivity contribution in [3.8, 4) is 5.69 Å². The molecule has 0 aliphatic rings. The van der Waals surface area contributed by atoms with E-state index in [2.05, 4.69) is 4.98 Å². The number of hydrogen-bond donors (Lipinski definition) is 1. The Bertz CT molecular complexity index is 1070. The highest BCUT2D eigenvalue weighted by molar-refractivity contribution is 6.11. The standard InChI is InChI=1S/C21H19F4N3O2/c1-27(2)11-18-26-10-13(12-29)28(18)19-15(7-5-8-16(19)21(23,24)25)20(30)14-6-3-4-9-17(14)22/h3-10,29H,11-12H2,1-2H3. The van der Waals surface area contributed by atoms with E-state index >= 15 is 0 Å². The van der Waals surface area contributed by atoms with Crippen molar-refractivity contribution in [3.63, 3.8) is 0 Å². The van der Waals surface area contributed by atoms with Gasteiger partial charge in [-0.1, -0.05) is 18.2 Å². The zero-order chi connectivity index (χ0) is 22.1. The van der Waals surface area contributed by atoms with Crippen LogP contribution in [0.25, 0.3) is 5.69 Å². The third-order valence-corrected chi connectivity index (χ3v) is 4.46. The Hall–Kier alpha value is -3.04. The molecule has 2 aromatic carbocycles. The van der Waals surface area contributed by atoms with Gasteiger partial charge in [-0.2, -0.15) is 13.2 Å². The number of carbonyl (C=O) groups is 1. The zero-order valence-electron chi connectivity index (χ0n) is 16.2. The first-order valence-electron chi connectivity index (χ1n) is 8.96. The van der Waals surface area contributed by atoms with Gasteiger partial charge in [-0.3, -0.25) is 9.36 Å². The number of hydrogen-bond acceptors (Lipinski definition) is 4. The van der Waals surface area contributed by atoms with Crippen molar-refractivity contribution in [2.75, 3.05) is 14.1 Å². The van der Waals surface area contributed by atoms with Gasteiger partial charge in [0.05, 0.1) is 41.9 Å². The summed E-state index contributed by atoms with van der Waals surface area (Å²) in [7, 11) is 3.41. The van der Waals surface area contributed by atoms with E-state index in [0.717, 1.165) is 22.8 Å². The Morgan fingerprint density at radius 3 is 2.37 bits per heavy atom. The first-order valence-corrected chi connectivity index (χ1v) is 8.96. The molecule has 1 heterocycles. The highest BCUT2D eigenvalue weighted by Gasteiger charge is 2.37. The summed E-state index contributed by atoms with van der Waals surface area (Å²) in [5.41, 5.74) is -2.19. The Morgan fingerprint density at radius 2 is 1.77 bits per heavy atom. The van der Waals surface area contributed by atoms with Crippen LogP contribution in [0.1, 0.15) is 33.0 Å². The molecule has 0 amide bonds. The van der Waals surface area contributed by atoms with Gasteiger partial charge in [0, 0.05) is 5.56 Å². The van der Waals surface area contributed by atoms with Crippen LogP contribution in [0.4, 0.5) is 17.6 Å². The molecule has 9 heteroatoms. The third kappa shape index (κ3) is 4.12. The summed E-state index contributed by atoms with van der Waals surface area (Å²) in [5, 5.41) is 9.71. The second-order valence-electron chi connectivity index (χ2n) is 6.91. The topological polar surface area (TPSA) is 58.4 Å². The molecule has 0 aliphatic carbocycles. The van der Waals surface area contributed by atoms with Crippen LogP contribution in [0, 0.1) is 5.82 Å². The second-order valence-corrected chi connectivity index (χ2v) is 6.91. The summed E-state index contributed by atoms with van der Waals surface area (Å²) in [5.74, 6) is -1.54. The number of ketones is 1. The number of nitrogens with zero attached hydrogens (tertiary/aromatic N) is 3. The smallest absolute Gasteiger partial charge is 0.390 e. The van der Waals surface area contributed by atoms with E-state index in [1.165, 1.54) is 30.5 Å². The minimum atomic E-state index is -4.80. The van der Waals surface area contributed by atoms with Gasteiger partial charge in [0.15, 0.2) is 5.78 Å². The van der Waals surface area contributed by atoms with Crippen LogP contribution in [0.15, 0.2) is 48.7 Å². The minimum absolute atomic E-state index is 0.0751. The average molecular weight is 421 g/mol. The maximum atomic E-state index is 14.2. The quantitative estimate of drug-likeness (QED) is 0.486. The Labute approximate surface area is 170 Å². The molecule has 0 saturated carbocycles. The van der Waals surface area contributed by atoms with Crippen molar-refractivity contribution in [2.45, 2.75) is 19.3 Å². The maximum absolute atomic E-state index is 14.2. The number of aliphatic hydroxyl groups is 1. The van der Waals surface area contributed by atoms with Crippen LogP contribution >= 0.6 is 0 Å². The van der Waals surface area contributed by atoms with E-state index in [1.807, 2.05) is 0 Å². The summed E-state index contributed by atoms with van der Waals surface area (Å²) in [6.07, 6.45) is -3.55. The molecule has 158 valence electrons. The van der Waals surface area contributed by atoms with E-state index in [0.29, 0.717) is 0 Å². The molecule has 0 spiro atoms. The maximum Gasteiger partial charge on any atom is 0.418 e. The fourth-order valence-corrected chi connectivity index (χ4v) is 3.20. The second kappa shape index (κ2) is 8.37. The van der Waals surface area contributed by atoms with Crippen molar-refractivity contribution >= 4 is 5.78 Å². The van der Waals surface area contributed by atoms with Crippen molar-refractivity contribution in [2.24, 2.45) is 0 Å². The third-order valence-electron chi connectivity index (χ3n) is 4.46. The van der Waals surface area contributed by atoms with Gasteiger partial charge in [-0.05, 0) is 38.4 Å². The highest BCUT2D eigenvalue weighted by Crippen LogP contribution is 2.37. The van der Waals surface area contributed by atoms with E-state index in [-0.39, 0.29) is 29.2 Å². The number of aromatic nitrogens is 2. The summed E-state index contributed by atoms with van der Waals surface area (Å²) in [6, 6.07) is 8.23. The average Bonchev–Trinajstić information content (AvgIpc) is 3.08. The van der Waals surface area contributed by atoms with Gasteiger partial charge in [0.1, 0.15) is 11.6 Å². The molecule has 0 unspecified atom stereocenters. The largest absolute Gasteiger partial charge is 0.418 e. The fourth-order valence-electron chi connectivity index (χ4n) is 3.20. The Morgan fingerprint density at radius 1 is 1.10 bits per heavy atom. The van der Waals surface area contributed by atoms with Gasteiger partial charge in [-0.25, -0.2) is 9.37 Å². The molecular formula is C21H19F4N3O2. The molecule has 30 heavy (non-hydrogen) atoms. The lowest BCUT2D eigenvalue weighted by Gasteiger charge is -2.21. The Kier molecular flexibility index (Phi) is 6.04. The molecule has 0 aliphatic heterocycles. The summed E-state index contributed by atoms with van der Waals surface area (Å²) in [6.45, 7) is -0.445. The lowest BCUT2D eigenvalue weighted by atomic mass is 9.97. The number of para-hydroxylation sites is 1. The lowest BCUT2D eigenvalue weighted by molar-refractivity contribution is -0.137. The summed E-state index contributed by atoms with van der Waals surface area (Å²) in [4.78, 5) is 18.9. The predicted molar refractivity (Wildman–Crippen MR) is 102 cm³/mol. The van der Waals surface area contributed by atoms with Crippen LogP contribution in [0.2, 0.25) is 0 Å². The zero-order valence-corrected chi connectivity index (χ0v) is 16.2. The van der Waals surface area contributed by atoms with Gasteiger partial charge < -0.3 is 10.0 Å². The van der Waals surface area contributed by atoms with E-state index in [4.69, 9.17) is 0 Å². The SMILES string of the molecule is CN(C)Cc1ncc(CO)n1-c1c(C(=O)c2ccccc2F)cccc1C(F)(F)F. The molecule has 3 aromatic rings. The van der Waals surface area contributed by atoms with Crippen LogP contribution < -0.4 is 0 Å². The fraction of sp³-hybridized carbons (Fsp3) is 0.238. The molecular weight excluding hydrogens is 402 g/mol. The minimum Gasteiger partial charge on any atom is -0.390 e. The Balaban J connectivity index is 2.35. The number of imidazole rings is 1. The number of carbonyl (C=O) groups excluding carboxylic acids is 1. The van der Waals surface area contributed by atoms with Crippen molar-refractivity contribution in [1.29, 1.82) is 0 Å². The molecule has 0 saturated heterocycles. The van der Waals surface area contributed by atoms with Crippen LogP contribution in [0.3, 0.4) is 0 Å². The molecule has 0 fully saturated rings. The molecule has 1 aromatic heterocycles. The van der Waals surface area contributed by atoms with E-state index in [1.54, 1.807) is 19.0 Å². The van der Waals surface area contributed by atoms with Crippen LogP contribution in [0.5, 0.6) is 0 Å². The first-order chi connectivity index (χ1) is 14.1. The van der Waals surface area contributed by atoms with Gasteiger partial charge in [-0.15, -0.1) is 0 Å². The summed E-state index contributed by atoms with van der Waals surface area (Å²) < 4.78 is 57.1. The molecule has 5 nitrogen and oxygen atoms in total. The van der Waals surface area contributed by atoms with Crippen molar-refractivity contribution < 1.29 is 27.5 Å². The lowest BCUT2D eigenvalue weighted by Crippen LogP contribution is -2.21. The van der Waals surface area contributed by atoms with Crippen molar-refractivity contribution in [1.82, 2.24) is 14.5 Å². The number of benzene rings is 2. The number of aliphatic hydroxyl groups excluding tert-OH is 1. The molecule has 1 N–H and O–H groups in total. The van der Waals surface area contributed by atoms with E-state index in [9.17, 15) is 27.5 Å². The van der Waals surface area contributed by atoms with Crippen LogP contribution in [-0.2, 0) is 19.3 Å². The first kappa shape index (κ1) is 21.7. The number of alkyl halides is 3. The summed E-state index contributed by atoms with van der Waals surface area (Å²) >= 11 is 0. The number of halogens is 4. The van der Waals surface area contributed by atoms with Gasteiger partial charge in [0.2, 0.25) is 0 Å². The van der Waals surface area contributed by atoms with Crippen molar-refractivity contribution in [3.05, 3.63) is 82.7 Å². The van der Waals surface area contributed by atoms with Gasteiger partial charge >= 0.3 is 6.18 Å². The van der Waals surface area contributed by atoms with Crippen LogP contribution in [-0.4, -0.2) is 39.4 Å². The molecule has 0 atom stereocenters. The normalized spacial score (nSPS) is 11.9. The molecule has 0 bridgehead atoms. The molecule has 3 rings (SSSR count). The van der Waals surface area contributed by atoms with Gasteiger partial charge in [0.25, 0.3) is 0 Å².